The van der Waals surface area contributed by atoms with Crippen molar-refractivity contribution in [3.05, 3.63) is 57.8 Å². The van der Waals surface area contributed by atoms with E-state index in [4.69, 9.17) is 18.6 Å². The van der Waals surface area contributed by atoms with E-state index in [-0.39, 0.29) is 34.5 Å². The Hall–Kier alpha value is -3.61. The molecule has 6 N–H and O–H groups in total. The van der Waals surface area contributed by atoms with E-state index in [1.165, 1.54) is 7.11 Å². The quantitative estimate of drug-likeness (QED) is 0.244. The average Bonchev–Trinajstić information content (AvgIpc) is 2.90. The first-order valence-electron chi connectivity index (χ1n) is 11.9. The predicted molar refractivity (Wildman–Crippen MR) is 135 cm³/mol. The predicted octanol–water partition coefficient (Wildman–Crippen LogP) is 1.57. The lowest BCUT2D eigenvalue weighted by Gasteiger charge is -2.39. The van der Waals surface area contributed by atoms with Crippen LogP contribution in [0.25, 0.3) is 22.3 Å². The number of methoxy groups -OCH3 is 1. The van der Waals surface area contributed by atoms with Gasteiger partial charge in [-0.15, -0.1) is 0 Å². The van der Waals surface area contributed by atoms with Gasteiger partial charge in [-0.05, 0) is 44.5 Å². The van der Waals surface area contributed by atoms with Crippen LogP contribution in [0.4, 0.5) is 0 Å². The van der Waals surface area contributed by atoms with Crippen LogP contribution in [0.3, 0.4) is 0 Å². The van der Waals surface area contributed by atoms with Crippen LogP contribution in [0.15, 0.2) is 51.2 Å². The van der Waals surface area contributed by atoms with Crippen molar-refractivity contribution in [1.82, 2.24) is 0 Å². The maximum Gasteiger partial charge on any atom is 0.238 e. The van der Waals surface area contributed by atoms with Gasteiger partial charge in [-0.2, -0.15) is 0 Å². The standard InChI is InChI=1S/C27H30O11/c1-12(2)4-9-15-17(36-27-24(34)22(32)20(30)18(11-28)37-27)10-16(29)19-21(31)23(33)25(38-26(15)19)13-5-7-14(35-3)8-6-13/h4-8,10,18,20,22,24,27-30,32-34H,9,11H2,1-3H3/t18-,20+,22+,24-,27+/m1/s1. The third kappa shape index (κ3) is 5.06. The fourth-order valence-corrected chi connectivity index (χ4v) is 4.20. The molecule has 204 valence electrons. The molecule has 2 heterocycles. The highest BCUT2D eigenvalue weighted by atomic mass is 16.7. The summed E-state index contributed by atoms with van der Waals surface area (Å²) in [6.45, 7) is 3.05. The molecule has 38 heavy (non-hydrogen) atoms. The molecular weight excluding hydrogens is 500 g/mol. The molecule has 1 aliphatic rings. The summed E-state index contributed by atoms with van der Waals surface area (Å²) in [4.78, 5) is 13.2. The number of phenols is 1. The summed E-state index contributed by atoms with van der Waals surface area (Å²) in [7, 11) is 1.50. The van der Waals surface area contributed by atoms with Crippen LogP contribution in [0, 0.1) is 0 Å². The molecule has 11 nitrogen and oxygen atoms in total. The zero-order valence-corrected chi connectivity index (χ0v) is 21.0. The van der Waals surface area contributed by atoms with Crippen LogP contribution in [0.2, 0.25) is 0 Å². The first-order valence-corrected chi connectivity index (χ1v) is 11.9. The SMILES string of the molecule is COc1ccc(-c2oc3c(CC=C(C)C)c(O[C@H]4O[C@H](CO)[C@H](O)[C@H](O)[C@H]4O)cc(O)c3c(=O)c2O)cc1. The number of hydrogen-bond acceptors (Lipinski definition) is 11. The summed E-state index contributed by atoms with van der Waals surface area (Å²) in [5.74, 6) is -0.910. The van der Waals surface area contributed by atoms with Crippen molar-refractivity contribution in [1.29, 1.82) is 0 Å². The van der Waals surface area contributed by atoms with Crippen LogP contribution in [0.5, 0.6) is 23.0 Å². The van der Waals surface area contributed by atoms with Gasteiger partial charge in [0.15, 0.2) is 5.76 Å². The highest BCUT2D eigenvalue weighted by molar-refractivity contribution is 5.91. The Kier molecular flexibility index (Phi) is 7.95. The molecule has 0 unspecified atom stereocenters. The molecule has 1 fully saturated rings. The number of ether oxygens (including phenoxy) is 3. The Morgan fingerprint density at radius 3 is 2.34 bits per heavy atom. The van der Waals surface area contributed by atoms with E-state index < -0.39 is 54.2 Å². The first kappa shape index (κ1) is 27.4. The zero-order chi connectivity index (χ0) is 27.7. The molecule has 2 aromatic carbocycles. The summed E-state index contributed by atoms with van der Waals surface area (Å²) >= 11 is 0. The number of aromatic hydroxyl groups is 2. The lowest BCUT2D eigenvalue weighted by molar-refractivity contribution is -0.277. The number of rotatable bonds is 7. The van der Waals surface area contributed by atoms with E-state index in [2.05, 4.69) is 0 Å². The van der Waals surface area contributed by atoms with Crippen molar-refractivity contribution in [2.75, 3.05) is 13.7 Å². The monoisotopic (exact) mass is 530 g/mol. The Morgan fingerprint density at radius 1 is 1.05 bits per heavy atom. The van der Waals surface area contributed by atoms with Gasteiger partial charge in [0, 0.05) is 17.2 Å². The second-order valence-electron chi connectivity index (χ2n) is 9.21. The van der Waals surface area contributed by atoms with Gasteiger partial charge in [-0.25, -0.2) is 0 Å². The van der Waals surface area contributed by atoms with Crippen LogP contribution >= 0.6 is 0 Å². The largest absolute Gasteiger partial charge is 0.507 e. The van der Waals surface area contributed by atoms with Crippen molar-refractivity contribution in [3.63, 3.8) is 0 Å². The fraction of sp³-hybridized carbons (Fsp3) is 0.370. The molecule has 0 aliphatic carbocycles. The average molecular weight is 531 g/mol. The number of hydrogen-bond donors (Lipinski definition) is 6. The van der Waals surface area contributed by atoms with Crippen molar-refractivity contribution in [2.45, 2.75) is 51.0 Å². The minimum Gasteiger partial charge on any atom is -0.507 e. The summed E-state index contributed by atoms with van der Waals surface area (Å²) in [5, 5.41) is 61.3. The van der Waals surface area contributed by atoms with E-state index >= 15 is 0 Å². The first-order chi connectivity index (χ1) is 18.1. The van der Waals surface area contributed by atoms with Crippen molar-refractivity contribution in [2.24, 2.45) is 0 Å². The van der Waals surface area contributed by atoms with Gasteiger partial charge in [0.1, 0.15) is 52.6 Å². The minimum absolute atomic E-state index is 0.0497. The molecule has 0 saturated carbocycles. The second-order valence-corrected chi connectivity index (χ2v) is 9.21. The second kappa shape index (κ2) is 11.0. The van der Waals surface area contributed by atoms with Crippen LogP contribution in [-0.2, 0) is 11.2 Å². The van der Waals surface area contributed by atoms with Crippen LogP contribution in [0.1, 0.15) is 19.4 Å². The lowest BCUT2D eigenvalue weighted by Crippen LogP contribution is -2.60. The van der Waals surface area contributed by atoms with E-state index in [0.717, 1.165) is 11.6 Å². The zero-order valence-electron chi connectivity index (χ0n) is 21.0. The smallest absolute Gasteiger partial charge is 0.238 e. The molecule has 1 aliphatic heterocycles. The lowest BCUT2D eigenvalue weighted by atomic mass is 9.99. The minimum atomic E-state index is -1.70. The number of aliphatic hydroxyl groups excluding tert-OH is 4. The van der Waals surface area contributed by atoms with Gasteiger partial charge in [-0.1, -0.05) is 11.6 Å². The summed E-state index contributed by atoms with van der Waals surface area (Å²) in [5.41, 5.74) is 0.627. The van der Waals surface area contributed by atoms with Gasteiger partial charge in [-0.3, -0.25) is 4.79 Å². The Balaban J connectivity index is 1.90. The molecule has 0 spiro atoms. The topological polar surface area (TPSA) is 179 Å². The third-order valence-corrected chi connectivity index (χ3v) is 6.34. The number of aliphatic hydroxyl groups is 4. The summed E-state index contributed by atoms with van der Waals surface area (Å²) in [6.07, 6.45) is -5.77. The number of fused-ring (bicyclic) bond motifs is 1. The molecule has 4 rings (SSSR count). The molecular formula is C27H30O11. The summed E-state index contributed by atoms with van der Waals surface area (Å²) in [6, 6.07) is 7.54. The molecule has 3 aromatic rings. The molecule has 0 radical (unpaired) electrons. The highest BCUT2D eigenvalue weighted by Crippen LogP contribution is 2.40. The van der Waals surface area contributed by atoms with Crippen molar-refractivity contribution in [3.8, 4) is 34.3 Å². The van der Waals surface area contributed by atoms with Crippen molar-refractivity contribution < 1.29 is 49.3 Å². The van der Waals surface area contributed by atoms with E-state index in [1.54, 1.807) is 24.3 Å². The van der Waals surface area contributed by atoms with Crippen molar-refractivity contribution >= 4 is 11.0 Å². The Morgan fingerprint density at radius 2 is 1.74 bits per heavy atom. The van der Waals surface area contributed by atoms with Crippen LogP contribution < -0.4 is 14.9 Å². The van der Waals surface area contributed by atoms with E-state index in [1.807, 2.05) is 19.9 Å². The van der Waals surface area contributed by atoms with E-state index in [9.17, 15) is 35.4 Å². The van der Waals surface area contributed by atoms with Gasteiger partial charge >= 0.3 is 0 Å². The number of allylic oxidation sites excluding steroid dienone is 2. The van der Waals surface area contributed by atoms with Gasteiger partial charge in [0.2, 0.25) is 17.5 Å². The highest BCUT2D eigenvalue weighted by Gasteiger charge is 2.45. The Labute approximate surface area is 217 Å². The third-order valence-electron chi connectivity index (χ3n) is 6.34. The van der Waals surface area contributed by atoms with Crippen LogP contribution in [-0.4, -0.2) is 75.1 Å². The van der Waals surface area contributed by atoms with Gasteiger partial charge in [0.05, 0.1) is 13.7 Å². The normalized spacial score (nSPS) is 23.3. The maximum atomic E-state index is 13.2. The van der Waals surface area contributed by atoms with E-state index in [0.29, 0.717) is 11.3 Å². The van der Waals surface area contributed by atoms with Gasteiger partial charge in [0.25, 0.3) is 0 Å². The molecule has 0 amide bonds. The molecule has 0 bridgehead atoms. The van der Waals surface area contributed by atoms with Gasteiger partial charge < -0.3 is 49.3 Å². The molecule has 11 heteroatoms. The fourth-order valence-electron chi connectivity index (χ4n) is 4.20. The summed E-state index contributed by atoms with van der Waals surface area (Å²) < 4.78 is 22.5. The Bertz CT molecular complexity index is 1390. The molecule has 1 saturated heterocycles. The number of phenolic OH excluding ortho intramolecular Hbond substituents is 1. The molecule has 5 atom stereocenters. The molecule has 1 aromatic heterocycles. The maximum absolute atomic E-state index is 13.2. The number of benzene rings is 2.